The minimum absolute atomic E-state index is 0.127. The fraction of sp³-hybridized carbons (Fsp3) is 0.900. The normalized spacial score (nSPS) is 24.9. The summed E-state index contributed by atoms with van der Waals surface area (Å²) in [6.45, 7) is 5.42. The van der Waals surface area contributed by atoms with Gasteiger partial charge in [-0.15, -0.1) is 0 Å². The predicted molar refractivity (Wildman–Crippen MR) is 54.6 cm³/mol. The molecule has 2 atom stereocenters. The monoisotopic (exact) mass is 200 g/mol. The number of nitrogens with one attached hydrogen (secondary N) is 2. The summed E-state index contributed by atoms with van der Waals surface area (Å²) >= 11 is 0. The van der Waals surface area contributed by atoms with Crippen molar-refractivity contribution in [3.05, 3.63) is 0 Å². The summed E-state index contributed by atoms with van der Waals surface area (Å²) in [5.41, 5.74) is 0. The van der Waals surface area contributed by atoms with Crippen LogP contribution in [-0.2, 0) is 4.79 Å². The van der Waals surface area contributed by atoms with Crippen molar-refractivity contribution in [2.24, 2.45) is 11.8 Å². The minimum atomic E-state index is -0.458. The fourth-order valence-corrected chi connectivity index (χ4v) is 1.55. The molecule has 0 radical (unpaired) electrons. The fourth-order valence-electron chi connectivity index (χ4n) is 1.55. The van der Waals surface area contributed by atoms with Crippen molar-refractivity contribution in [3.63, 3.8) is 0 Å². The molecule has 1 fully saturated rings. The molecule has 0 aromatic heterocycles. The third-order valence-corrected chi connectivity index (χ3v) is 2.60. The van der Waals surface area contributed by atoms with Crippen LogP contribution in [0.15, 0.2) is 0 Å². The molecule has 82 valence electrons. The largest absolute Gasteiger partial charge is 0.378 e. The molecule has 3 N–H and O–H groups in total. The Hall–Kier alpha value is -0.610. The SMILES string of the molecule is CC(C)C(O)NCC1CCNC(=O)C1. The lowest BCUT2D eigenvalue weighted by Gasteiger charge is -2.24. The van der Waals surface area contributed by atoms with Gasteiger partial charge in [0.25, 0.3) is 0 Å². The zero-order valence-electron chi connectivity index (χ0n) is 8.92. The summed E-state index contributed by atoms with van der Waals surface area (Å²) < 4.78 is 0. The van der Waals surface area contributed by atoms with Crippen molar-refractivity contribution >= 4 is 5.91 Å². The third-order valence-electron chi connectivity index (χ3n) is 2.60. The van der Waals surface area contributed by atoms with Gasteiger partial charge in [-0.3, -0.25) is 10.1 Å². The molecular weight excluding hydrogens is 180 g/mol. The molecule has 0 aromatic carbocycles. The first-order valence-corrected chi connectivity index (χ1v) is 5.27. The van der Waals surface area contributed by atoms with Gasteiger partial charge < -0.3 is 10.4 Å². The van der Waals surface area contributed by atoms with Crippen molar-refractivity contribution in [2.75, 3.05) is 13.1 Å². The molecule has 2 unspecified atom stereocenters. The van der Waals surface area contributed by atoms with E-state index in [1.165, 1.54) is 0 Å². The lowest BCUT2D eigenvalue weighted by molar-refractivity contribution is -0.123. The van der Waals surface area contributed by atoms with Crippen molar-refractivity contribution < 1.29 is 9.90 Å². The average Bonchev–Trinajstić information content (AvgIpc) is 2.14. The summed E-state index contributed by atoms with van der Waals surface area (Å²) in [5, 5.41) is 15.4. The molecule has 14 heavy (non-hydrogen) atoms. The van der Waals surface area contributed by atoms with Gasteiger partial charge in [0, 0.05) is 19.5 Å². The van der Waals surface area contributed by atoms with Crippen molar-refractivity contribution in [1.29, 1.82) is 0 Å². The Bertz CT molecular complexity index is 195. The number of carbonyl (C=O) groups is 1. The van der Waals surface area contributed by atoms with E-state index in [1.807, 2.05) is 13.8 Å². The summed E-state index contributed by atoms with van der Waals surface area (Å²) in [5.74, 6) is 0.714. The predicted octanol–water partition coefficient (Wildman–Crippen LogP) is 0.0766. The quantitative estimate of drug-likeness (QED) is 0.563. The number of piperidine rings is 1. The Balaban J connectivity index is 2.20. The van der Waals surface area contributed by atoms with Crippen LogP contribution in [0.2, 0.25) is 0 Å². The average molecular weight is 200 g/mol. The van der Waals surface area contributed by atoms with Gasteiger partial charge in [0.15, 0.2) is 0 Å². The molecular formula is C10H20N2O2. The second-order valence-corrected chi connectivity index (χ2v) is 4.31. The maximum atomic E-state index is 11.1. The Morgan fingerprint density at radius 3 is 2.93 bits per heavy atom. The van der Waals surface area contributed by atoms with Crippen LogP contribution in [0.4, 0.5) is 0 Å². The number of hydrogen-bond donors (Lipinski definition) is 3. The zero-order valence-corrected chi connectivity index (χ0v) is 8.92. The van der Waals surface area contributed by atoms with Gasteiger partial charge in [0.1, 0.15) is 6.23 Å². The van der Waals surface area contributed by atoms with Crippen LogP contribution >= 0.6 is 0 Å². The first kappa shape index (κ1) is 11.5. The molecule has 0 bridgehead atoms. The van der Waals surface area contributed by atoms with E-state index < -0.39 is 6.23 Å². The molecule has 1 rings (SSSR count). The molecule has 4 nitrogen and oxygen atoms in total. The summed E-state index contributed by atoms with van der Waals surface area (Å²) in [4.78, 5) is 11.1. The molecule has 1 aliphatic rings. The second-order valence-electron chi connectivity index (χ2n) is 4.31. The van der Waals surface area contributed by atoms with Gasteiger partial charge in [0.05, 0.1) is 0 Å². The van der Waals surface area contributed by atoms with Crippen LogP contribution in [-0.4, -0.2) is 30.3 Å². The van der Waals surface area contributed by atoms with Gasteiger partial charge in [0.2, 0.25) is 5.91 Å². The zero-order chi connectivity index (χ0) is 10.6. The molecule has 1 aliphatic heterocycles. The molecule has 1 amide bonds. The number of rotatable bonds is 4. The second kappa shape index (κ2) is 5.32. The molecule has 0 aliphatic carbocycles. The molecule has 0 aromatic rings. The Morgan fingerprint density at radius 1 is 1.64 bits per heavy atom. The summed E-state index contributed by atoms with van der Waals surface area (Å²) in [7, 11) is 0. The number of carbonyl (C=O) groups excluding carboxylic acids is 1. The van der Waals surface area contributed by atoms with E-state index in [4.69, 9.17) is 0 Å². The van der Waals surface area contributed by atoms with Crippen LogP contribution in [0.5, 0.6) is 0 Å². The standard InChI is InChI=1S/C10H20N2O2/c1-7(2)10(14)12-6-8-3-4-11-9(13)5-8/h7-8,10,12,14H,3-6H2,1-2H3,(H,11,13). The van der Waals surface area contributed by atoms with Crippen LogP contribution in [0, 0.1) is 11.8 Å². The maximum absolute atomic E-state index is 11.1. The highest BCUT2D eigenvalue weighted by molar-refractivity contribution is 5.76. The van der Waals surface area contributed by atoms with Crippen LogP contribution in [0.25, 0.3) is 0 Å². The number of aliphatic hydroxyl groups is 1. The highest BCUT2D eigenvalue weighted by Gasteiger charge is 2.19. The Kier molecular flexibility index (Phi) is 4.35. The number of aliphatic hydroxyl groups excluding tert-OH is 1. The van der Waals surface area contributed by atoms with E-state index in [-0.39, 0.29) is 11.8 Å². The lowest BCUT2D eigenvalue weighted by atomic mass is 9.97. The highest BCUT2D eigenvalue weighted by atomic mass is 16.3. The smallest absolute Gasteiger partial charge is 0.220 e. The molecule has 0 spiro atoms. The third kappa shape index (κ3) is 3.64. The van der Waals surface area contributed by atoms with Gasteiger partial charge >= 0.3 is 0 Å². The van der Waals surface area contributed by atoms with E-state index in [1.54, 1.807) is 0 Å². The van der Waals surface area contributed by atoms with Crippen LogP contribution in [0.1, 0.15) is 26.7 Å². The Labute approximate surface area is 85.1 Å². The summed E-state index contributed by atoms with van der Waals surface area (Å²) in [6, 6.07) is 0. The molecule has 1 heterocycles. The van der Waals surface area contributed by atoms with Gasteiger partial charge in [-0.25, -0.2) is 0 Å². The van der Waals surface area contributed by atoms with E-state index in [0.717, 1.165) is 19.5 Å². The molecule has 4 heteroatoms. The topological polar surface area (TPSA) is 61.4 Å². The van der Waals surface area contributed by atoms with Gasteiger partial charge in [-0.05, 0) is 18.3 Å². The Morgan fingerprint density at radius 2 is 2.36 bits per heavy atom. The van der Waals surface area contributed by atoms with Crippen molar-refractivity contribution in [3.8, 4) is 0 Å². The first-order valence-electron chi connectivity index (χ1n) is 5.27. The number of amides is 1. The maximum Gasteiger partial charge on any atom is 0.220 e. The molecule has 0 saturated carbocycles. The van der Waals surface area contributed by atoms with E-state index >= 15 is 0 Å². The van der Waals surface area contributed by atoms with E-state index in [2.05, 4.69) is 10.6 Å². The van der Waals surface area contributed by atoms with Gasteiger partial charge in [-0.2, -0.15) is 0 Å². The van der Waals surface area contributed by atoms with Crippen molar-refractivity contribution in [1.82, 2.24) is 10.6 Å². The first-order chi connectivity index (χ1) is 6.59. The summed E-state index contributed by atoms with van der Waals surface area (Å²) in [6.07, 6.45) is 1.13. The van der Waals surface area contributed by atoms with Crippen LogP contribution < -0.4 is 10.6 Å². The van der Waals surface area contributed by atoms with E-state index in [9.17, 15) is 9.90 Å². The van der Waals surface area contributed by atoms with Crippen molar-refractivity contribution in [2.45, 2.75) is 32.9 Å². The minimum Gasteiger partial charge on any atom is -0.378 e. The van der Waals surface area contributed by atoms with Gasteiger partial charge in [-0.1, -0.05) is 13.8 Å². The molecule has 1 saturated heterocycles. The van der Waals surface area contributed by atoms with Crippen LogP contribution in [0.3, 0.4) is 0 Å². The number of hydrogen-bond acceptors (Lipinski definition) is 3. The lowest BCUT2D eigenvalue weighted by Crippen LogP contribution is -2.41. The highest BCUT2D eigenvalue weighted by Crippen LogP contribution is 2.11. The van der Waals surface area contributed by atoms with E-state index in [0.29, 0.717) is 12.3 Å².